The van der Waals surface area contributed by atoms with Crippen LogP contribution >= 0.6 is 24.0 Å². The Labute approximate surface area is 180 Å². The lowest BCUT2D eigenvalue weighted by Crippen LogP contribution is -2.41. The molecule has 6 nitrogen and oxygen atoms in total. The number of nitrogens with one attached hydrogen (secondary N) is 2. The number of hydrogen-bond donors (Lipinski definition) is 2. The number of hydrogen-bond acceptors (Lipinski definition) is 3. The zero-order valence-corrected chi connectivity index (χ0v) is 18.9. The smallest absolute Gasteiger partial charge is 0.243 e. The van der Waals surface area contributed by atoms with Crippen molar-refractivity contribution in [1.82, 2.24) is 15.5 Å². The molecule has 2 unspecified atom stereocenters. The van der Waals surface area contributed by atoms with Gasteiger partial charge in [-0.05, 0) is 38.2 Å². The second kappa shape index (κ2) is 12.9. The molecule has 7 heteroatoms. The number of amides is 1. The molecule has 2 rings (SSSR count). The van der Waals surface area contributed by atoms with Crippen LogP contribution in [0.3, 0.4) is 0 Å². The highest BCUT2D eigenvalue weighted by Gasteiger charge is 2.14. The fourth-order valence-corrected chi connectivity index (χ4v) is 2.86. The molecule has 1 aromatic carbocycles. The van der Waals surface area contributed by atoms with Crippen LogP contribution in [0, 0.1) is 0 Å². The van der Waals surface area contributed by atoms with Gasteiger partial charge in [0.05, 0.1) is 12.1 Å². The number of rotatable bonds is 7. The Hall–Kier alpha value is -1.35. The minimum Gasteiger partial charge on any atom is -0.378 e. The summed E-state index contributed by atoms with van der Waals surface area (Å²) in [6.07, 6.45) is 4.81. The number of nitrogens with zero attached hydrogens (tertiary/aromatic N) is 2. The van der Waals surface area contributed by atoms with Gasteiger partial charge >= 0.3 is 0 Å². The zero-order valence-electron chi connectivity index (χ0n) is 16.6. The Balaban J connectivity index is 0.00000364. The molecule has 2 N–H and O–H groups in total. The van der Waals surface area contributed by atoms with Gasteiger partial charge in [-0.3, -0.25) is 4.79 Å². The molecule has 0 aliphatic carbocycles. The third kappa shape index (κ3) is 8.92. The van der Waals surface area contributed by atoms with Gasteiger partial charge in [-0.15, -0.1) is 24.0 Å². The van der Waals surface area contributed by atoms with E-state index >= 15 is 0 Å². The molecule has 0 radical (unpaired) electrons. The van der Waals surface area contributed by atoms with E-state index in [1.54, 1.807) is 19.0 Å². The highest BCUT2D eigenvalue weighted by Crippen LogP contribution is 2.15. The number of likely N-dealkylation sites (N-methyl/N-ethyl adjacent to an activating group) is 1. The molecule has 0 aromatic heterocycles. The van der Waals surface area contributed by atoms with E-state index in [4.69, 9.17) is 4.74 Å². The molecule has 152 valence electrons. The van der Waals surface area contributed by atoms with Crippen LogP contribution in [0.4, 0.5) is 0 Å². The minimum absolute atomic E-state index is 0. The molecule has 0 bridgehead atoms. The highest BCUT2D eigenvalue weighted by atomic mass is 127. The SMILES string of the molecule is CC(NC(=NCC(=O)N(C)C)NCCC1CCCCO1)c1ccccc1.I. The van der Waals surface area contributed by atoms with Gasteiger partial charge in [0.15, 0.2) is 5.96 Å². The predicted octanol–water partition coefficient (Wildman–Crippen LogP) is 2.95. The minimum atomic E-state index is -0.0194. The number of ether oxygens (including phenoxy) is 1. The molecule has 1 amide bonds. The van der Waals surface area contributed by atoms with Gasteiger partial charge in [-0.1, -0.05) is 30.3 Å². The van der Waals surface area contributed by atoms with Gasteiger partial charge in [-0.2, -0.15) is 0 Å². The zero-order chi connectivity index (χ0) is 18.8. The van der Waals surface area contributed by atoms with Crippen molar-refractivity contribution in [2.24, 2.45) is 4.99 Å². The first-order chi connectivity index (χ1) is 12.6. The van der Waals surface area contributed by atoms with E-state index in [9.17, 15) is 4.79 Å². The first kappa shape index (κ1) is 23.7. The van der Waals surface area contributed by atoms with Crippen LogP contribution in [-0.2, 0) is 9.53 Å². The Kier molecular flexibility index (Phi) is 11.3. The fraction of sp³-hybridized carbons (Fsp3) is 0.600. The molecule has 2 atom stereocenters. The fourth-order valence-electron chi connectivity index (χ4n) is 2.86. The standard InChI is InChI=1S/C20H32N4O2.HI/c1-16(17-9-5-4-6-10-17)23-20(22-15-19(25)24(2)3)21-13-12-18-11-7-8-14-26-18;/h4-6,9-10,16,18H,7-8,11-15H2,1-3H3,(H2,21,22,23);1H. The summed E-state index contributed by atoms with van der Waals surface area (Å²) < 4.78 is 5.78. The quantitative estimate of drug-likeness (QED) is 0.352. The van der Waals surface area contributed by atoms with Crippen molar-refractivity contribution in [3.8, 4) is 0 Å². The molecule has 0 spiro atoms. The van der Waals surface area contributed by atoms with Crippen LogP contribution < -0.4 is 10.6 Å². The van der Waals surface area contributed by atoms with Gasteiger partial charge in [0.1, 0.15) is 6.54 Å². The number of guanidine groups is 1. The van der Waals surface area contributed by atoms with E-state index in [1.165, 1.54) is 18.4 Å². The van der Waals surface area contributed by atoms with Crippen LogP contribution in [0.15, 0.2) is 35.3 Å². The summed E-state index contributed by atoms with van der Waals surface area (Å²) in [7, 11) is 3.48. The third-order valence-corrected chi connectivity index (χ3v) is 4.56. The number of benzene rings is 1. The first-order valence-electron chi connectivity index (χ1n) is 9.48. The average Bonchev–Trinajstić information content (AvgIpc) is 2.67. The summed E-state index contributed by atoms with van der Waals surface area (Å²) in [5.74, 6) is 0.640. The topological polar surface area (TPSA) is 66.0 Å². The van der Waals surface area contributed by atoms with Gasteiger partial charge in [-0.25, -0.2) is 4.99 Å². The number of carbonyl (C=O) groups is 1. The van der Waals surface area contributed by atoms with E-state index in [0.717, 1.165) is 26.0 Å². The Morgan fingerprint density at radius 2 is 2.04 bits per heavy atom. The lowest BCUT2D eigenvalue weighted by atomic mass is 10.1. The Morgan fingerprint density at radius 3 is 2.67 bits per heavy atom. The molecule has 0 saturated carbocycles. The second-order valence-electron chi connectivity index (χ2n) is 6.93. The summed E-state index contributed by atoms with van der Waals surface area (Å²) in [6, 6.07) is 10.3. The van der Waals surface area contributed by atoms with Gasteiger partial charge in [0.2, 0.25) is 5.91 Å². The van der Waals surface area contributed by atoms with Crippen molar-refractivity contribution in [3.63, 3.8) is 0 Å². The van der Waals surface area contributed by atoms with E-state index in [2.05, 4.69) is 34.7 Å². The van der Waals surface area contributed by atoms with Gasteiger partial charge < -0.3 is 20.3 Å². The second-order valence-corrected chi connectivity index (χ2v) is 6.93. The molecule has 1 aromatic rings. The largest absolute Gasteiger partial charge is 0.378 e. The van der Waals surface area contributed by atoms with Gasteiger partial charge in [0.25, 0.3) is 0 Å². The van der Waals surface area contributed by atoms with Crippen molar-refractivity contribution < 1.29 is 9.53 Å². The average molecular weight is 488 g/mol. The summed E-state index contributed by atoms with van der Waals surface area (Å²) >= 11 is 0. The van der Waals surface area contributed by atoms with Crippen molar-refractivity contribution in [3.05, 3.63) is 35.9 Å². The van der Waals surface area contributed by atoms with Crippen LogP contribution in [0.1, 0.15) is 44.2 Å². The summed E-state index contributed by atoms with van der Waals surface area (Å²) in [5.41, 5.74) is 1.18. The molecule has 27 heavy (non-hydrogen) atoms. The molecular formula is C20H33IN4O2. The van der Waals surface area contributed by atoms with Crippen molar-refractivity contribution in [2.45, 2.75) is 44.8 Å². The predicted molar refractivity (Wildman–Crippen MR) is 121 cm³/mol. The molecular weight excluding hydrogens is 455 g/mol. The molecule has 1 saturated heterocycles. The first-order valence-corrected chi connectivity index (χ1v) is 9.48. The van der Waals surface area contributed by atoms with E-state index < -0.39 is 0 Å². The van der Waals surface area contributed by atoms with Crippen LogP contribution in [0.25, 0.3) is 0 Å². The summed E-state index contributed by atoms with van der Waals surface area (Å²) in [6.45, 7) is 3.86. The molecule has 1 aliphatic heterocycles. The van der Waals surface area contributed by atoms with Crippen LogP contribution in [0.2, 0.25) is 0 Å². The third-order valence-electron chi connectivity index (χ3n) is 4.56. The number of aliphatic imine (C=N–C) groups is 1. The van der Waals surface area contributed by atoms with Crippen LogP contribution in [-0.4, -0.2) is 56.7 Å². The maximum Gasteiger partial charge on any atom is 0.243 e. The monoisotopic (exact) mass is 488 g/mol. The van der Waals surface area contributed by atoms with Crippen molar-refractivity contribution >= 4 is 35.8 Å². The summed E-state index contributed by atoms with van der Waals surface area (Å²) in [4.78, 5) is 17.9. The molecule has 1 aliphatic rings. The van der Waals surface area contributed by atoms with Crippen molar-refractivity contribution in [1.29, 1.82) is 0 Å². The molecule has 1 heterocycles. The maximum atomic E-state index is 11.9. The normalized spacial score (nSPS) is 18.2. The van der Waals surface area contributed by atoms with Crippen LogP contribution in [0.5, 0.6) is 0 Å². The number of halogens is 1. The lowest BCUT2D eigenvalue weighted by Gasteiger charge is -2.24. The van der Waals surface area contributed by atoms with Crippen molar-refractivity contribution in [2.75, 3.05) is 33.8 Å². The summed E-state index contributed by atoms with van der Waals surface area (Å²) in [5, 5.41) is 6.74. The highest BCUT2D eigenvalue weighted by molar-refractivity contribution is 14.0. The van der Waals surface area contributed by atoms with E-state index in [0.29, 0.717) is 12.1 Å². The van der Waals surface area contributed by atoms with E-state index in [1.807, 2.05) is 18.2 Å². The molecule has 1 fully saturated rings. The Bertz CT molecular complexity index is 575. The lowest BCUT2D eigenvalue weighted by molar-refractivity contribution is -0.127. The number of carbonyl (C=O) groups excluding carboxylic acids is 1. The maximum absolute atomic E-state index is 11.9. The van der Waals surface area contributed by atoms with Gasteiger partial charge in [0, 0.05) is 27.2 Å². The Morgan fingerprint density at radius 1 is 1.30 bits per heavy atom. The van der Waals surface area contributed by atoms with E-state index in [-0.39, 0.29) is 42.5 Å².